The van der Waals surface area contributed by atoms with Gasteiger partial charge in [-0.2, -0.15) is 0 Å². The number of amides is 3. The van der Waals surface area contributed by atoms with Crippen LogP contribution in [-0.4, -0.2) is 48.9 Å². The zero-order chi connectivity index (χ0) is 18.9. The molecule has 1 rings (SSSR count). The van der Waals surface area contributed by atoms with E-state index in [1.165, 1.54) is 0 Å². The minimum absolute atomic E-state index is 0.103. The summed E-state index contributed by atoms with van der Waals surface area (Å²) in [5.74, 6) is 0.602. The summed E-state index contributed by atoms with van der Waals surface area (Å²) in [5, 5.41) is 5.46. The molecule has 0 spiro atoms. The van der Waals surface area contributed by atoms with Gasteiger partial charge in [0.05, 0.1) is 6.54 Å². The molecule has 2 N–H and O–H groups in total. The first-order chi connectivity index (χ1) is 11.7. The van der Waals surface area contributed by atoms with Crippen molar-refractivity contribution in [1.29, 1.82) is 0 Å². The molecular weight excluding hydrogens is 322 g/mol. The lowest BCUT2D eigenvalue weighted by Crippen LogP contribution is -2.41. The van der Waals surface area contributed by atoms with Gasteiger partial charge in [0, 0.05) is 24.8 Å². The summed E-state index contributed by atoms with van der Waals surface area (Å²) in [5.41, 5.74) is 0.0280. The van der Waals surface area contributed by atoms with Gasteiger partial charge in [-0.15, -0.1) is 0 Å². The molecule has 0 aliphatic heterocycles. The molecule has 0 aliphatic rings. The van der Waals surface area contributed by atoms with Gasteiger partial charge >= 0.3 is 12.1 Å². The van der Waals surface area contributed by atoms with Gasteiger partial charge in [-0.05, 0) is 46.8 Å². The molecule has 1 aromatic rings. The van der Waals surface area contributed by atoms with Gasteiger partial charge in [0.1, 0.15) is 18.0 Å². The maximum Gasteiger partial charge on any atom is 0.412 e. The quantitative estimate of drug-likeness (QED) is 0.737. The second kappa shape index (κ2) is 9.76. The van der Waals surface area contributed by atoms with E-state index in [0.717, 1.165) is 0 Å². The fourth-order valence-corrected chi connectivity index (χ4v) is 2.03. The Hall–Kier alpha value is -2.44. The number of nitrogens with zero attached hydrogens (tertiary/aromatic N) is 1. The van der Waals surface area contributed by atoms with Crippen molar-refractivity contribution in [3.63, 3.8) is 0 Å². The molecule has 25 heavy (non-hydrogen) atoms. The highest BCUT2D eigenvalue weighted by molar-refractivity contribution is 5.85. The van der Waals surface area contributed by atoms with Crippen molar-refractivity contribution in [1.82, 2.24) is 10.2 Å². The van der Waals surface area contributed by atoms with Gasteiger partial charge in [0.25, 0.3) is 0 Å². The Kier molecular flexibility index (Phi) is 8.04. The summed E-state index contributed by atoms with van der Waals surface area (Å²) in [6, 6.07) is 6.91. The average Bonchev–Trinajstić information content (AvgIpc) is 2.51. The van der Waals surface area contributed by atoms with E-state index in [2.05, 4.69) is 10.6 Å². The minimum Gasteiger partial charge on any atom is -0.492 e. The topological polar surface area (TPSA) is 79.9 Å². The summed E-state index contributed by atoms with van der Waals surface area (Å²) in [4.78, 5) is 25.3. The summed E-state index contributed by atoms with van der Waals surface area (Å²) in [6.45, 7) is 11.4. The second-order valence-corrected chi connectivity index (χ2v) is 6.41. The minimum atomic E-state index is -0.554. The zero-order valence-electron chi connectivity index (χ0n) is 15.7. The number of ether oxygens (including phenoxy) is 2. The number of benzene rings is 1. The van der Waals surface area contributed by atoms with E-state index in [9.17, 15) is 9.59 Å². The van der Waals surface area contributed by atoms with E-state index in [0.29, 0.717) is 37.7 Å². The highest BCUT2D eigenvalue weighted by Gasteiger charge is 2.16. The van der Waals surface area contributed by atoms with Crippen molar-refractivity contribution >= 4 is 17.8 Å². The Morgan fingerprint density at radius 2 is 1.84 bits per heavy atom. The average molecular weight is 351 g/mol. The third-order valence-electron chi connectivity index (χ3n) is 3.18. The molecule has 0 aromatic heterocycles. The maximum absolute atomic E-state index is 11.8. The van der Waals surface area contributed by atoms with Crippen molar-refractivity contribution in [3.8, 4) is 5.75 Å². The second-order valence-electron chi connectivity index (χ2n) is 6.41. The van der Waals surface area contributed by atoms with E-state index in [-0.39, 0.29) is 6.03 Å². The monoisotopic (exact) mass is 351 g/mol. The van der Waals surface area contributed by atoms with E-state index in [1.807, 2.05) is 13.8 Å². The largest absolute Gasteiger partial charge is 0.492 e. The molecule has 0 fully saturated rings. The molecule has 3 amide bonds. The Morgan fingerprint density at radius 1 is 1.16 bits per heavy atom. The van der Waals surface area contributed by atoms with Crippen LogP contribution in [0.15, 0.2) is 24.3 Å². The number of carbonyl (C=O) groups excluding carboxylic acids is 2. The highest BCUT2D eigenvalue weighted by Crippen LogP contribution is 2.18. The third-order valence-corrected chi connectivity index (χ3v) is 3.18. The molecule has 0 bridgehead atoms. The number of anilines is 1. The van der Waals surface area contributed by atoms with Gasteiger partial charge in [-0.3, -0.25) is 5.32 Å². The van der Waals surface area contributed by atoms with E-state index >= 15 is 0 Å². The van der Waals surface area contributed by atoms with Crippen molar-refractivity contribution in [2.75, 3.05) is 31.6 Å². The first-order valence-corrected chi connectivity index (χ1v) is 8.50. The fourth-order valence-electron chi connectivity index (χ4n) is 2.03. The Morgan fingerprint density at radius 3 is 2.44 bits per heavy atom. The number of urea groups is 1. The number of hydrogen-bond acceptors (Lipinski definition) is 4. The van der Waals surface area contributed by atoms with E-state index in [4.69, 9.17) is 9.47 Å². The van der Waals surface area contributed by atoms with Crippen LogP contribution >= 0.6 is 0 Å². The SMILES string of the molecule is CCN(CC)C(=O)NCCOc1cccc(NC(=O)OC(C)(C)C)c1. The predicted octanol–water partition coefficient (Wildman–Crippen LogP) is 3.46. The van der Waals surface area contributed by atoms with Gasteiger partial charge in [-0.25, -0.2) is 9.59 Å². The van der Waals surface area contributed by atoms with Gasteiger partial charge in [0.2, 0.25) is 0 Å². The standard InChI is InChI=1S/C18H29N3O4/c1-6-21(7-2)16(22)19-11-12-24-15-10-8-9-14(13-15)20-17(23)25-18(3,4)5/h8-10,13H,6-7,11-12H2,1-5H3,(H,19,22)(H,20,23). The molecule has 0 radical (unpaired) electrons. The van der Waals surface area contributed by atoms with Crippen molar-refractivity contribution < 1.29 is 19.1 Å². The van der Waals surface area contributed by atoms with Crippen LogP contribution in [0.4, 0.5) is 15.3 Å². The van der Waals surface area contributed by atoms with Gasteiger partial charge in [-0.1, -0.05) is 6.07 Å². The smallest absolute Gasteiger partial charge is 0.412 e. The summed E-state index contributed by atoms with van der Waals surface area (Å²) < 4.78 is 10.8. The van der Waals surface area contributed by atoms with Crippen LogP contribution in [0.5, 0.6) is 5.75 Å². The van der Waals surface area contributed by atoms with Crippen LogP contribution in [0.3, 0.4) is 0 Å². The lowest BCUT2D eigenvalue weighted by Gasteiger charge is -2.20. The number of hydrogen-bond donors (Lipinski definition) is 2. The van der Waals surface area contributed by atoms with Crippen LogP contribution in [0.1, 0.15) is 34.6 Å². The first kappa shape index (κ1) is 20.6. The molecule has 140 valence electrons. The summed E-state index contributed by atoms with van der Waals surface area (Å²) >= 11 is 0. The molecule has 1 aromatic carbocycles. The molecule has 0 aliphatic carbocycles. The summed E-state index contributed by atoms with van der Waals surface area (Å²) in [6.07, 6.45) is -0.517. The van der Waals surface area contributed by atoms with Crippen molar-refractivity contribution in [3.05, 3.63) is 24.3 Å². The van der Waals surface area contributed by atoms with Gasteiger partial charge < -0.3 is 19.7 Å². The lowest BCUT2D eigenvalue weighted by molar-refractivity contribution is 0.0636. The number of nitrogens with one attached hydrogen (secondary N) is 2. The van der Waals surface area contributed by atoms with Crippen LogP contribution in [0.25, 0.3) is 0 Å². The van der Waals surface area contributed by atoms with E-state index in [1.54, 1.807) is 49.9 Å². The summed E-state index contributed by atoms with van der Waals surface area (Å²) in [7, 11) is 0. The van der Waals surface area contributed by atoms with E-state index < -0.39 is 11.7 Å². The lowest BCUT2D eigenvalue weighted by atomic mass is 10.2. The zero-order valence-corrected chi connectivity index (χ0v) is 15.7. The molecule has 7 heteroatoms. The van der Waals surface area contributed by atoms with Crippen LogP contribution in [-0.2, 0) is 4.74 Å². The highest BCUT2D eigenvalue weighted by atomic mass is 16.6. The Labute approximate surface area is 149 Å². The van der Waals surface area contributed by atoms with Crippen LogP contribution in [0, 0.1) is 0 Å². The third kappa shape index (κ3) is 8.28. The molecule has 0 saturated carbocycles. The van der Waals surface area contributed by atoms with Crippen molar-refractivity contribution in [2.24, 2.45) is 0 Å². The molecule has 0 heterocycles. The van der Waals surface area contributed by atoms with Crippen LogP contribution < -0.4 is 15.4 Å². The molecule has 0 saturated heterocycles. The van der Waals surface area contributed by atoms with Crippen molar-refractivity contribution in [2.45, 2.75) is 40.2 Å². The Balaban J connectivity index is 2.43. The number of carbonyl (C=O) groups is 2. The fraction of sp³-hybridized carbons (Fsp3) is 0.556. The molecular formula is C18H29N3O4. The first-order valence-electron chi connectivity index (χ1n) is 8.50. The van der Waals surface area contributed by atoms with Gasteiger partial charge in [0.15, 0.2) is 0 Å². The maximum atomic E-state index is 11.8. The number of rotatable bonds is 7. The molecule has 0 unspecified atom stereocenters. The Bertz CT molecular complexity index is 566. The molecule has 0 atom stereocenters. The van der Waals surface area contributed by atoms with Crippen LogP contribution in [0.2, 0.25) is 0 Å². The normalized spacial score (nSPS) is 10.8. The predicted molar refractivity (Wildman–Crippen MR) is 98.1 cm³/mol. The molecule has 7 nitrogen and oxygen atoms in total.